The van der Waals surface area contributed by atoms with Crippen molar-refractivity contribution in [1.82, 2.24) is 14.5 Å². The number of fused-ring (bicyclic) bond motifs is 2. The molecule has 5 rings (SSSR count). The number of amides is 1. The Morgan fingerprint density at radius 1 is 1.19 bits per heavy atom. The zero-order chi connectivity index (χ0) is 18.2. The molecule has 2 aromatic carbocycles. The molecule has 0 spiro atoms. The SMILES string of the molecule is O=C(Cn1c(-c2cncs2)nc2ccccc21)Nc1ccc2c(c1)OCO2. The molecular weight excluding hydrogens is 364 g/mol. The van der Waals surface area contributed by atoms with E-state index in [0.717, 1.165) is 21.7 Å². The molecule has 0 saturated heterocycles. The average Bonchev–Trinajstić information content (AvgIpc) is 3.41. The van der Waals surface area contributed by atoms with Crippen LogP contribution in [0.5, 0.6) is 11.5 Å². The van der Waals surface area contributed by atoms with Gasteiger partial charge in [-0.3, -0.25) is 9.78 Å². The van der Waals surface area contributed by atoms with Crippen molar-refractivity contribution in [2.24, 2.45) is 0 Å². The Bertz CT molecular complexity index is 1140. The van der Waals surface area contributed by atoms with Crippen LogP contribution in [0.15, 0.2) is 54.2 Å². The van der Waals surface area contributed by atoms with Crippen molar-refractivity contribution in [3.63, 3.8) is 0 Å². The summed E-state index contributed by atoms with van der Waals surface area (Å²) in [6.07, 6.45) is 1.76. The smallest absolute Gasteiger partial charge is 0.244 e. The summed E-state index contributed by atoms with van der Waals surface area (Å²) in [5, 5.41) is 2.91. The van der Waals surface area contributed by atoms with Gasteiger partial charge in [0.2, 0.25) is 12.7 Å². The standard InChI is InChI=1S/C19H14N4O3S/c24-18(21-12-5-6-15-16(7-12)26-11-25-15)9-23-14-4-2-1-3-13(14)22-19(23)17-8-20-10-27-17/h1-8,10H,9,11H2,(H,21,24). The Balaban J connectivity index is 1.45. The third kappa shape index (κ3) is 2.89. The number of hydrogen-bond donors (Lipinski definition) is 1. The first-order valence-corrected chi connectivity index (χ1v) is 9.19. The molecule has 0 unspecified atom stereocenters. The van der Waals surface area contributed by atoms with Crippen LogP contribution in [0.3, 0.4) is 0 Å². The van der Waals surface area contributed by atoms with E-state index in [2.05, 4.69) is 15.3 Å². The van der Waals surface area contributed by atoms with E-state index in [0.29, 0.717) is 17.2 Å². The fourth-order valence-corrected chi connectivity index (χ4v) is 3.69. The largest absolute Gasteiger partial charge is 0.454 e. The first kappa shape index (κ1) is 15.8. The molecule has 8 heteroatoms. The summed E-state index contributed by atoms with van der Waals surface area (Å²) in [7, 11) is 0. The maximum absolute atomic E-state index is 12.7. The highest BCUT2D eigenvalue weighted by Crippen LogP contribution is 2.34. The number of carbonyl (C=O) groups excluding carboxylic acids is 1. The van der Waals surface area contributed by atoms with Gasteiger partial charge in [0.15, 0.2) is 17.3 Å². The lowest BCUT2D eigenvalue weighted by Crippen LogP contribution is -2.19. The molecule has 4 aromatic rings. The van der Waals surface area contributed by atoms with E-state index >= 15 is 0 Å². The Labute approximate surface area is 158 Å². The molecule has 0 fully saturated rings. The topological polar surface area (TPSA) is 78.3 Å². The summed E-state index contributed by atoms with van der Waals surface area (Å²) in [5.41, 5.74) is 4.16. The summed E-state index contributed by atoms with van der Waals surface area (Å²) in [5.74, 6) is 1.90. The summed E-state index contributed by atoms with van der Waals surface area (Å²) in [6.45, 7) is 0.341. The Morgan fingerprint density at radius 3 is 2.96 bits per heavy atom. The molecule has 0 aliphatic carbocycles. The van der Waals surface area contributed by atoms with Gasteiger partial charge in [0.1, 0.15) is 6.54 Å². The number of benzene rings is 2. The van der Waals surface area contributed by atoms with Gasteiger partial charge in [0.05, 0.1) is 21.4 Å². The minimum atomic E-state index is -0.150. The van der Waals surface area contributed by atoms with Gasteiger partial charge < -0.3 is 19.4 Å². The van der Waals surface area contributed by atoms with Crippen molar-refractivity contribution in [3.05, 3.63) is 54.2 Å². The van der Waals surface area contributed by atoms with Crippen molar-refractivity contribution in [3.8, 4) is 22.2 Å². The van der Waals surface area contributed by atoms with Crippen LogP contribution < -0.4 is 14.8 Å². The average molecular weight is 378 g/mol. The Morgan fingerprint density at radius 2 is 2.07 bits per heavy atom. The van der Waals surface area contributed by atoms with Crippen molar-refractivity contribution in [2.75, 3.05) is 12.1 Å². The lowest BCUT2D eigenvalue weighted by Gasteiger charge is -2.10. The molecule has 1 amide bonds. The highest BCUT2D eigenvalue weighted by atomic mass is 32.1. The lowest BCUT2D eigenvalue weighted by atomic mass is 10.2. The molecule has 0 saturated carbocycles. The number of carbonyl (C=O) groups is 1. The van der Waals surface area contributed by atoms with Crippen molar-refractivity contribution < 1.29 is 14.3 Å². The summed E-state index contributed by atoms with van der Waals surface area (Å²) >= 11 is 1.49. The molecule has 1 aliphatic rings. The highest BCUT2D eigenvalue weighted by molar-refractivity contribution is 7.13. The van der Waals surface area contributed by atoms with Crippen LogP contribution in [-0.2, 0) is 11.3 Å². The molecule has 0 bridgehead atoms. The van der Waals surface area contributed by atoms with Gasteiger partial charge in [0, 0.05) is 18.0 Å². The fraction of sp³-hybridized carbons (Fsp3) is 0.105. The van der Waals surface area contributed by atoms with Crippen molar-refractivity contribution in [1.29, 1.82) is 0 Å². The zero-order valence-corrected chi connectivity index (χ0v) is 14.9. The number of thiazole rings is 1. The molecule has 3 heterocycles. The van der Waals surface area contributed by atoms with Crippen LogP contribution in [0.1, 0.15) is 0 Å². The molecule has 1 N–H and O–H groups in total. The first-order chi connectivity index (χ1) is 13.3. The van der Waals surface area contributed by atoms with Crippen LogP contribution in [0.25, 0.3) is 21.7 Å². The number of aromatic nitrogens is 3. The molecule has 134 valence electrons. The van der Waals surface area contributed by atoms with E-state index in [-0.39, 0.29) is 19.2 Å². The minimum absolute atomic E-state index is 0.141. The number of ether oxygens (including phenoxy) is 2. The number of imidazole rings is 1. The van der Waals surface area contributed by atoms with E-state index in [1.165, 1.54) is 11.3 Å². The van der Waals surface area contributed by atoms with Gasteiger partial charge in [0.25, 0.3) is 0 Å². The van der Waals surface area contributed by atoms with Crippen LogP contribution in [-0.4, -0.2) is 27.2 Å². The predicted molar refractivity (Wildman–Crippen MR) is 102 cm³/mol. The van der Waals surface area contributed by atoms with Crippen LogP contribution >= 0.6 is 11.3 Å². The van der Waals surface area contributed by atoms with Gasteiger partial charge in [-0.25, -0.2) is 4.98 Å². The van der Waals surface area contributed by atoms with Gasteiger partial charge in [-0.2, -0.15) is 0 Å². The quantitative estimate of drug-likeness (QED) is 0.588. The van der Waals surface area contributed by atoms with Crippen LogP contribution in [0.2, 0.25) is 0 Å². The second-order valence-electron chi connectivity index (χ2n) is 5.99. The van der Waals surface area contributed by atoms with Crippen molar-refractivity contribution >= 4 is 34.0 Å². The predicted octanol–water partition coefficient (Wildman–Crippen LogP) is 3.53. The number of rotatable bonds is 4. The molecule has 1 aliphatic heterocycles. The molecular formula is C19H14N4O3S. The maximum atomic E-state index is 12.7. The number of hydrogen-bond acceptors (Lipinski definition) is 6. The first-order valence-electron chi connectivity index (χ1n) is 8.31. The molecule has 2 aromatic heterocycles. The second-order valence-corrected chi connectivity index (χ2v) is 6.88. The Hall–Kier alpha value is -3.39. The van der Waals surface area contributed by atoms with E-state index < -0.39 is 0 Å². The zero-order valence-electron chi connectivity index (χ0n) is 14.1. The third-order valence-electron chi connectivity index (χ3n) is 4.27. The molecule has 0 atom stereocenters. The minimum Gasteiger partial charge on any atom is -0.454 e. The molecule has 7 nitrogen and oxygen atoms in total. The maximum Gasteiger partial charge on any atom is 0.244 e. The number of nitrogens with zero attached hydrogens (tertiary/aromatic N) is 3. The second kappa shape index (κ2) is 6.40. The van der Waals surface area contributed by atoms with Crippen LogP contribution in [0, 0.1) is 0 Å². The highest BCUT2D eigenvalue weighted by Gasteiger charge is 2.18. The van der Waals surface area contributed by atoms with E-state index in [9.17, 15) is 4.79 Å². The summed E-state index contributed by atoms with van der Waals surface area (Å²) in [6, 6.07) is 13.1. The number of anilines is 1. The Kier molecular flexibility index (Phi) is 3.75. The van der Waals surface area contributed by atoms with Gasteiger partial charge in [-0.15, -0.1) is 11.3 Å². The molecule has 0 radical (unpaired) electrons. The number of para-hydroxylation sites is 2. The van der Waals surface area contributed by atoms with Gasteiger partial charge in [-0.1, -0.05) is 12.1 Å². The summed E-state index contributed by atoms with van der Waals surface area (Å²) < 4.78 is 12.6. The van der Waals surface area contributed by atoms with Crippen LogP contribution in [0.4, 0.5) is 5.69 Å². The van der Waals surface area contributed by atoms with Gasteiger partial charge >= 0.3 is 0 Å². The van der Waals surface area contributed by atoms with E-state index in [4.69, 9.17) is 9.47 Å². The van der Waals surface area contributed by atoms with E-state index in [1.54, 1.807) is 29.9 Å². The summed E-state index contributed by atoms with van der Waals surface area (Å²) in [4.78, 5) is 22.4. The lowest BCUT2D eigenvalue weighted by molar-refractivity contribution is -0.116. The number of nitrogens with one attached hydrogen (secondary N) is 1. The van der Waals surface area contributed by atoms with E-state index in [1.807, 2.05) is 28.8 Å². The molecule has 27 heavy (non-hydrogen) atoms. The third-order valence-corrected chi connectivity index (χ3v) is 5.03. The van der Waals surface area contributed by atoms with Gasteiger partial charge in [-0.05, 0) is 24.3 Å². The monoisotopic (exact) mass is 378 g/mol. The van der Waals surface area contributed by atoms with Crippen molar-refractivity contribution in [2.45, 2.75) is 6.54 Å². The fourth-order valence-electron chi connectivity index (χ4n) is 3.07. The normalized spacial score (nSPS) is 12.4.